The van der Waals surface area contributed by atoms with Gasteiger partial charge in [0.1, 0.15) is 0 Å². The molecule has 0 amide bonds. The van der Waals surface area contributed by atoms with E-state index in [1.54, 1.807) is 0 Å². The van der Waals surface area contributed by atoms with Crippen LogP contribution >= 0.6 is 0 Å². The van der Waals surface area contributed by atoms with E-state index in [1.165, 1.54) is 0 Å². The molecule has 12 heavy (non-hydrogen) atoms. The molecule has 0 aliphatic heterocycles. The Balaban J connectivity index is 3.43. The van der Waals surface area contributed by atoms with Gasteiger partial charge in [0, 0.05) is 6.42 Å². The fourth-order valence-corrected chi connectivity index (χ4v) is 1.11. The van der Waals surface area contributed by atoms with Gasteiger partial charge in [0.25, 0.3) is 0 Å². The second-order valence-electron chi connectivity index (χ2n) is 3.37. The molecule has 1 nitrogen and oxygen atoms in total. The van der Waals surface area contributed by atoms with Crippen LogP contribution < -0.4 is 0 Å². The highest BCUT2D eigenvalue weighted by Gasteiger charge is 2.07. The van der Waals surface area contributed by atoms with Gasteiger partial charge in [0.15, 0.2) is 0 Å². The predicted octanol–water partition coefficient (Wildman–Crippen LogP) is 2.59. The summed E-state index contributed by atoms with van der Waals surface area (Å²) in [6, 6.07) is 0. The van der Waals surface area contributed by atoms with Gasteiger partial charge >= 0.3 is 0 Å². The quantitative estimate of drug-likeness (QED) is 0.626. The van der Waals surface area contributed by atoms with E-state index in [0.29, 0.717) is 5.92 Å². The van der Waals surface area contributed by atoms with Crippen molar-refractivity contribution in [2.45, 2.75) is 52.6 Å². The molecule has 2 atom stereocenters. The third-order valence-corrected chi connectivity index (χ3v) is 2.15. The van der Waals surface area contributed by atoms with Crippen molar-refractivity contribution in [3.8, 4) is 11.8 Å². The van der Waals surface area contributed by atoms with Gasteiger partial charge in [0.2, 0.25) is 0 Å². The lowest BCUT2D eigenvalue weighted by molar-refractivity contribution is 0.137. The first-order valence-corrected chi connectivity index (χ1v) is 4.78. The molecule has 0 rings (SSSR count). The summed E-state index contributed by atoms with van der Waals surface area (Å²) in [5, 5.41) is 9.51. The fraction of sp³-hybridized carbons (Fsp3) is 0.818. The van der Waals surface area contributed by atoms with Crippen LogP contribution in [-0.2, 0) is 0 Å². The zero-order valence-corrected chi connectivity index (χ0v) is 8.43. The molecule has 0 aromatic carbocycles. The second-order valence-corrected chi connectivity index (χ2v) is 3.37. The summed E-state index contributed by atoms with van der Waals surface area (Å²) in [7, 11) is 0. The third-order valence-electron chi connectivity index (χ3n) is 2.15. The lowest BCUT2D eigenvalue weighted by Crippen LogP contribution is -2.10. The summed E-state index contributed by atoms with van der Waals surface area (Å²) in [5.74, 6) is 6.42. The smallest absolute Gasteiger partial charge is 0.0551 e. The summed E-state index contributed by atoms with van der Waals surface area (Å²) in [6.45, 7) is 6.17. The van der Waals surface area contributed by atoms with E-state index in [-0.39, 0.29) is 6.10 Å². The monoisotopic (exact) mass is 168 g/mol. The van der Waals surface area contributed by atoms with Gasteiger partial charge in [-0.1, -0.05) is 20.3 Å². The van der Waals surface area contributed by atoms with Gasteiger partial charge in [-0.2, -0.15) is 0 Å². The lowest BCUT2D eigenvalue weighted by Gasteiger charge is -2.13. The zero-order chi connectivity index (χ0) is 9.40. The highest BCUT2D eigenvalue weighted by molar-refractivity contribution is 4.95. The van der Waals surface area contributed by atoms with Crippen molar-refractivity contribution in [3.63, 3.8) is 0 Å². The standard InChI is InChI=1S/C11H20O/c1-4-6-7-8-11(12)9-10(3)5-2/h10-12H,5,7-9H2,1-3H3. The van der Waals surface area contributed by atoms with E-state index >= 15 is 0 Å². The van der Waals surface area contributed by atoms with Gasteiger partial charge < -0.3 is 5.11 Å². The van der Waals surface area contributed by atoms with Crippen LogP contribution in [0.25, 0.3) is 0 Å². The number of aliphatic hydroxyl groups is 1. The topological polar surface area (TPSA) is 20.2 Å². The van der Waals surface area contributed by atoms with E-state index in [2.05, 4.69) is 25.7 Å². The fourth-order valence-electron chi connectivity index (χ4n) is 1.11. The summed E-state index contributed by atoms with van der Waals surface area (Å²) < 4.78 is 0. The minimum atomic E-state index is -0.152. The van der Waals surface area contributed by atoms with Crippen molar-refractivity contribution in [2.75, 3.05) is 0 Å². The van der Waals surface area contributed by atoms with E-state index < -0.39 is 0 Å². The highest BCUT2D eigenvalue weighted by Crippen LogP contribution is 2.12. The van der Waals surface area contributed by atoms with Gasteiger partial charge in [-0.3, -0.25) is 0 Å². The second kappa shape index (κ2) is 7.18. The number of aliphatic hydroxyl groups excluding tert-OH is 1. The Bertz CT molecular complexity index is 152. The first-order chi connectivity index (χ1) is 5.70. The van der Waals surface area contributed by atoms with Crippen molar-refractivity contribution in [3.05, 3.63) is 0 Å². The van der Waals surface area contributed by atoms with Crippen LogP contribution in [0.2, 0.25) is 0 Å². The Morgan fingerprint density at radius 1 is 1.42 bits per heavy atom. The molecule has 0 aromatic heterocycles. The lowest BCUT2D eigenvalue weighted by atomic mass is 9.98. The van der Waals surface area contributed by atoms with E-state index in [4.69, 9.17) is 0 Å². The minimum absolute atomic E-state index is 0.152. The van der Waals surface area contributed by atoms with Crippen LogP contribution in [0.5, 0.6) is 0 Å². The number of rotatable bonds is 5. The highest BCUT2D eigenvalue weighted by atomic mass is 16.3. The Labute approximate surface area is 76.2 Å². The average molecular weight is 168 g/mol. The number of hydrogen-bond donors (Lipinski definition) is 1. The Hall–Kier alpha value is -0.480. The molecule has 0 aliphatic rings. The van der Waals surface area contributed by atoms with Crippen LogP contribution in [-0.4, -0.2) is 11.2 Å². The maximum Gasteiger partial charge on any atom is 0.0551 e. The molecule has 2 unspecified atom stereocenters. The first-order valence-electron chi connectivity index (χ1n) is 4.78. The van der Waals surface area contributed by atoms with Crippen LogP contribution in [0, 0.1) is 17.8 Å². The van der Waals surface area contributed by atoms with Gasteiger partial charge in [-0.05, 0) is 25.7 Å². The van der Waals surface area contributed by atoms with Crippen LogP contribution in [0.1, 0.15) is 46.5 Å². The van der Waals surface area contributed by atoms with Gasteiger partial charge in [-0.15, -0.1) is 11.8 Å². The van der Waals surface area contributed by atoms with Crippen molar-refractivity contribution in [1.29, 1.82) is 0 Å². The van der Waals surface area contributed by atoms with E-state index in [1.807, 2.05) is 6.92 Å². The van der Waals surface area contributed by atoms with Crippen molar-refractivity contribution < 1.29 is 5.11 Å². The summed E-state index contributed by atoms with van der Waals surface area (Å²) in [6.07, 6.45) is 3.57. The molecular weight excluding hydrogens is 148 g/mol. The molecule has 0 bridgehead atoms. The molecule has 0 aromatic rings. The average Bonchev–Trinajstić information content (AvgIpc) is 2.05. The van der Waals surface area contributed by atoms with Crippen LogP contribution in [0.15, 0.2) is 0 Å². The van der Waals surface area contributed by atoms with E-state index in [9.17, 15) is 5.11 Å². The molecule has 0 radical (unpaired) electrons. The van der Waals surface area contributed by atoms with Gasteiger partial charge in [0.05, 0.1) is 6.10 Å². The summed E-state index contributed by atoms with van der Waals surface area (Å²) in [5.41, 5.74) is 0. The first kappa shape index (κ1) is 11.5. The van der Waals surface area contributed by atoms with Crippen molar-refractivity contribution in [2.24, 2.45) is 5.92 Å². The molecule has 1 heteroatoms. The maximum absolute atomic E-state index is 9.51. The van der Waals surface area contributed by atoms with Crippen molar-refractivity contribution >= 4 is 0 Å². The van der Waals surface area contributed by atoms with Crippen molar-refractivity contribution in [1.82, 2.24) is 0 Å². The minimum Gasteiger partial charge on any atom is -0.393 e. The number of hydrogen-bond acceptors (Lipinski definition) is 1. The molecule has 0 heterocycles. The normalized spacial score (nSPS) is 14.7. The molecular formula is C11H20O. The zero-order valence-electron chi connectivity index (χ0n) is 8.43. The molecule has 0 saturated carbocycles. The molecule has 1 N–H and O–H groups in total. The third kappa shape index (κ3) is 6.24. The van der Waals surface area contributed by atoms with Gasteiger partial charge in [-0.25, -0.2) is 0 Å². The Kier molecular flexibility index (Phi) is 6.90. The molecule has 0 spiro atoms. The molecule has 0 aliphatic carbocycles. The molecule has 70 valence electrons. The Morgan fingerprint density at radius 3 is 2.58 bits per heavy atom. The summed E-state index contributed by atoms with van der Waals surface area (Å²) in [4.78, 5) is 0. The Morgan fingerprint density at radius 2 is 2.08 bits per heavy atom. The van der Waals surface area contributed by atoms with Crippen LogP contribution in [0.3, 0.4) is 0 Å². The molecule has 0 saturated heterocycles. The summed E-state index contributed by atoms with van der Waals surface area (Å²) >= 11 is 0. The maximum atomic E-state index is 9.51. The predicted molar refractivity (Wildman–Crippen MR) is 52.8 cm³/mol. The van der Waals surface area contributed by atoms with E-state index in [0.717, 1.165) is 25.7 Å². The SMILES string of the molecule is CC#CCCC(O)CC(C)CC. The van der Waals surface area contributed by atoms with Crippen LogP contribution in [0.4, 0.5) is 0 Å². The largest absolute Gasteiger partial charge is 0.393 e. The molecule has 0 fully saturated rings.